The van der Waals surface area contributed by atoms with E-state index in [0.29, 0.717) is 0 Å². The molecule has 1 rings (SSSR count). The van der Waals surface area contributed by atoms with Gasteiger partial charge in [0.1, 0.15) is 33.8 Å². The molecule has 0 bridgehead atoms. The number of ether oxygens (including phenoxy) is 1. The van der Waals surface area contributed by atoms with Gasteiger partial charge in [-0.3, -0.25) is 0 Å². The molecule has 8 heteroatoms. The average molecular weight is 223 g/mol. The van der Waals surface area contributed by atoms with Gasteiger partial charge in [0.05, 0.1) is 12.6 Å². The summed E-state index contributed by atoms with van der Waals surface area (Å²) in [5.74, 6) is 0. The van der Waals surface area contributed by atoms with Crippen LogP contribution in [0.3, 0.4) is 0 Å². The summed E-state index contributed by atoms with van der Waals surface area (Å²) >= 11 is 0. The minimum atomic E-state index is -4.07. The fourth-order valence-corrected chi connectivity index (χ4v) is 1.93. The van der Waals surface area contributed by atoms with Gasteiger partial charge >= 0.3 is 0 Å². The molecule has 0 aromatic carbocycles. The Bertz CT molecular complexity index is 246. The van der Waals surface area contributed by atoms with Crippen LogP contribution in [-0.2, 0) is 13.8 Å². The fourth-order valence-electron chi connectivity index (χ4n) is 1.24. The lowest BCUT2D eigenvalue weighted by Crippen LogP contribution is -2.34. The monoisotopic (exact) mass is 223 g/mol. The first-order valence-corrected chi connectivity index (χ1v) is 5.97. The Kier molecular flexibility index (Phi) is 3.72. The second-order valence-corrected chi connectivity index (χ2v) is 4.86. The highest BCUT2D eigenvalue weighted by Gasteiger charge is 2.43. The zero-order valence-electron chi connectivity index (χ0n) is 7.50. The molecule has 1 aliphatic heterocycles. The highest BCUT2D eigenvalue weighted by Crippen LogP contribution is 2.39. The van der Waals surface area contributed by atoms with Crippen LogP contribution >= 0.6 is 7.60 Å². The number of aliphatic hydroxyl groups excluding tert-OH is 1. The molecule has 0 aliphatic carbocycles. The summed E-state index contributed by atoms with van der Waals surface area (Å²) in [6, 6.07) is -1.26. The van der Waals surface area contributed by atoms with Crippen molar-refractivity contribution in [1.82, 2.24) is 0 Å². The second-order valence-electron chi connectivity index (χ2n) is 3.11. The number of halogens is 1. The van der Waals surface area contributed by atoms with Crippen molar-refractivity contribution in [3.05, 3.63) is 0 Å². The maximum absolute atomic E-state index is 13.2. The number of alkyl halides is 1. The van der Waals surface area contributed by atoms with Gasteiger partial charge in [0.2, 0.25) is 0 Å². The van der Waals surface area contributed by atoms with E-state index in [4.69, 9.17) is 17.7 Å². The van der Waals surface area contributed by atoms with Crippen LogP contribution in [0, 0.1) is 0 Å². The zero-order chi connectivity index (χ0) is 10.9. The van der Waals surface area contributed by atoms with E-state index in [-0.39, 0.29) is 0 Å². The summed E-state index contributed by atoms with van der Waals surface area (Å²) in [5.41, 5.74) is 0. The molecule has 0 saturated carbocycles. The van der Waals surface area contributed by atoms with Gasteiger partial charge in [-0.15, -0.1) is 0 Å². The van der Waals surface area contributed by atoms with Crippen LogP contribution in [0.5, 0.6) is 0 Å². The van der Waals surface area contributed by atoms with Gasteiger partial charge < -0.3 is 23.8 Å². The predicted molar refractivity (Wildman–Crippen MR) is 44.8 cm³/mol. The fraction of sp³-hybridized carbons (Fsp3) is 1.00. The molecule has 0 aromatic rings. The highest BCUT2D eigenvalue weighted by atomic mass is 31.2. The van der Waals surface area contributed by atoms with Crippen molar-refractivity contribution in [3.63, 3.8) is 0 Å². The number of rotatable bonds is 3. The molecular weight excluding hydrogens is 213 g/mol. The highest BCUT2D eigenvalue weighted by molar-refractivity contribution is 7.50. The smallest absolute Gasteiger partial charge is 0.147 e. The first kappa shape index (κ1) is 12.1. The predicted octanol–water partition coefficient (Wildman–Crippen LogP) is -1.22. The quantitative estimate of drug-likeness (QED) is 0.479. The molecule has 80 valence electrons. The van der Waals surface area contributed by atoms with E-state index in [1.165, 1.54) is 0 Å². The Morgan fingerprint density at radius 1 is 1.79 bits per heavy atom. The topological polar surface area (TPSA) is 78.8 Å². The molecule has 1 aliphatic rings. The van der Waals surface area contributed by atoms with Crippen LogP contribution in [0.4, 0.5) is 4.39 Å². The van der Waals surface area contributed by atoms with E-state index < -0.39 is 38.6 Å². The first-order valence-electron chi connectivity index (χ1n) is 3.98. The summed E-state index contributed by atoms with van der Waals surface area (Å²) in [7, 11) is 1.11. The standard InChI is InChI=1S/C6H11BFO5P/c1-14(10,11)13-5-3(2-9)12-6(7)4(5)8/h3-6,9H,2H2,1H3,(H,10,11)/p-1/t3-,4?,5+,6-/m1/s1. The third-order valence-electron chi connectivity index (χ3n) is 1.82. The van der Waals surface area contributed by atoms with Gasteiger partial charge in [-0.05, 0) is 0 Å². The second kappa shape index (κ2) is 4.29. The summed E-state index contributed by atoms with van der Waals surface area (Å²) in [4.78, 5) is 10.8. The lowest BCUT2D eigenvalue weighted by molar-refractivity contribution is -0.203. The first-order chi connectivity index (χ1) is 6.35. The lowest BCUT2D eigenvalue weighted by Gasteiger charge is -2.26. The Morgan fingerprint density at radius 3 is 2.79 bits per heavy atom. The van der Waals surface area contributed by atoms with E-state index in [0.717, 1.165) is 6.66 Å². The molecule has 1 heterocycles. The molecule has 5 atom stereocenters. The molecule has 5 nitrogen and oxygen atoms in total. The maximum Gasteiger partial charge on any atom is 0.147 e. The minimum absolute atomic E-state index is 0.543. The third kappa shape index (κ3) is 2.78. The van der Waals surface area contributed by atoms with Crippen LogP contribution in [0.25, 0.3) is 0 Å². The molecular formula is C6H10BFO5P-. The van der Waals surface area contributed by atoms with Crippen molar-refractivity contribution in [2.24, 2.45) is 0 Å². The van der Waals surface area contributed by atoms with E-state index in [1.807, 2.05) is 0 Å². The van der Waals surface area contributed by atoms with Crippen molar-refractivity contribution in [2.45, 2.75) is 24.4 Å². The minimum Gasteiger partial charge on any atom is -0.779 e. The van der Waals surface area contributed by atoms with Crippen LogP contribution in [0.15, 0.2) is 0 Å². The average Bonchev–Trinajstić information content (AvgIpc) is 2.30. The molecule has 2 unspecified atom stereocenters. The lowest BCUT2D eigenvalue weighted by atomic mass is 9.94. The third-order valence-corrected chi connectivity index (χ3v) is 2.45. The summed E-state index contributed by atoms with van der Waals surface area (Å²) in [6.45, 7) is 0.275. The molecule has 14 heavy (non-hydrogen) atoms. The van der Waals surface area contributed by atoms with Crippen LogP contribution < -0.4 is 4.89 Å². The summed E-state index contributed by atoms with van der Waals surface area (Å²) in [6.07, 6.45) is -4.15. The molecule has 0 aromatic heterocycles. The Labute approximate surface area is 82.2 Å². The SMILES string of the molecule is [B][C@@H]1O[C@H](CO)[C@H](OP(C)(=O)[O-])C1F. The van der Waals surface area contributed by atoms with Crippen molar-refractivity contribution in [1.29, 1.82) is 0 Å². The van der Waals surface area contributed by atoms with Crippen molar-refractivity contribution in [3.8, 4) is 0 Å². The van der Waals surface area contributed by atoms with Gasteiger partial charge in [0, 0.05) is 6.66 Å². The maximum atomic E-state index is 13.2. The number of hydrogen-bond donors (Lipinski definition) is 1. The van der Waals surface area contributed by atoms with E-state index in [2.05, 4.69) is 4.52 Å². The van der Waals surface area contributed by atoms with Gasteiger partial charge in [0.25, 0.3) is 0 Å². The molecule has 0 amide bonds. The van der Waals surface area contributed by atoms with Crippen LogP contribution in [-0.4, -0.2) is 50.6 Å². The van der Waals surface area contributed by atoms with Crippen molar-refractivity contribution in [2.75, 3.05) is 13.3 Å². The van der Waals surface area contributed by atoms with Gasteiger partial charge in [-0.25, -0.2) is 4.39 Å². The summed E-state index contributed by atoms with van der Waals surface area (Å²) in [5, 5.41) is 8.75. The molecule has 0 spiro atoms. The van der Waals surface area contributed by atoms with E-state index in [9.17, 15) is 13.8 Å². The van der Waals surface area contributed by atoms with Gasteiger partial charge in [0.15, 0.2) is 0 Å². The van der Waals surface area contributed by atoms with Crippen molar-refractivity contribution < 1.29 is 28.2 Å². The number of aliphatic hydroxyl groups is 1. The molecule has 1 saturated heterocycles. The van der Waals surface area contributed by atoms with Gasteiger partial charge in [-0.2, -0.15) is 0 Å². The molecule has 1 N–H and O–H groups in total. The zero-order valence-corrected chi connectivity index (χ0v) is 8.39. The Morgan fingerprint density at radius 2 is 2.36 bits per heavy atom. The largest absolute Gasteiger partial charge is 0.779 e. The van der Waals surface area contributed by atoms with Crippen molar-refractivity contribution >= 4 is 15.4 Å². The normalized spacial score (nSPS) is 42.3. The van der Waals surface area contributed by atoms with Gasteiger partial charge in [-0.1, -0.05) is 0 Å². The Balaban J connectivity index is 2.69. The summed E-state index contributed by atoms with van der Waals surface area (Å²) < 4.78 is 33.2. The van der Waals surface area contributed by atoms with Crippen LogP contribution in [0.1, 0.15) is 0 Å². The number of hydrogen-bond acceptors (Lipinski definition) is 5. The molecule has 2 radical (unpaired) electrons. The Hall–Kier alpha value is 0.0649. The molecule has 1 fully saturated rings. The van der Waals surface area contributed by atoms with E-state index in [1.54, 1.807) is 0 Å². The van der Waals surface area contributed by atoms with E-state index >= 15 is 0 Å². The van der Waals surface area contributed by atoms with Crippen LogP contribution in [0.2, 0.25) is 0 Å².